The lowest BCUT2D eigenvalue weighted by atomic mass is 10.1. The summed E-state index contributed by atoms with van der Waals surface area (Å²) in [5.74, 6) is -0.214. The topological polar surface area (TPSA) is 58.2 Å². The maximum Gasteiger partial charge on any atom is 0.255 e. The van der Waals surface area contributed by atoms with Crippen molar-refractivity contribution >= 4 is 35.0 Å². The second kappa shape index (κ2) is 9.43. The van der Waals surface area contributed by atoms with Gasteiger partial charge >= 0.3 is 0 Å². The van der Waals surface area contributed by atoms with Crippen LogP contribution in [0.2, 0.25) is 0 Å². The monoisotopic (exact) mass is 404 g/mol. The highest BCUT2D eigenvalue weighted by molar-refractivity contribution is 8.00. The molecule has 0 saturated heterocycles. The number of carbonyl (C=O) groups is 2. The van der Waals surface area contributed by atoms with Gasteiger partial charge in [-0.3, -0.25) is 9.59 Å². The molecule has 148 valence electrons. The molecule has 0 spiro atoms. The third kappa shape index (κ3) is 5.96. The Morgan fingerprint density at radius 1 is 0.793 bits per heavy atom. The normalized spacial score (nSPS) is 11.6. The Kier molecular flexibility index (Phi) is 6.73. The quantitative estimate of drug-likeness (QED) is 0.520. The van der Waals surface area contributed by atoms with Gasteiger partial charge in [0.2, 0.25) is 5.91 Å². The largest absolute Gasteiger partial charge is 0.325 e. The van der Waals surface area contributed by atoms with E-state index in [1.807, 2.05) is 87.5 Å². The van der Waals surface area contributed by atoms with Crippen molar-refractivity contribution in [3.63, 3.8) is 0 Å². The van der Waals surface area contributed by atoms with E-state index in [1.165, 1.54) is 11.8 Å². The molecule has 3 rings (SSSR count). The van der Waals surface area contributed by atoms with Crippen molar-refractivity contribution in [1.82, 2.24) is 0 Å². The van der Waals surface area contributed by atoms with E-state index in [0.717, 1.165) is 21.7 Å². The smallest absolute Gasteiger partial charge is 0.255 e. The van der Waals surface area contributed by atoms with Crippen LogP contribution in [0.3, 0.4) is 0 Å². The van der Waals surface area contributed by atoms with Crippen LogP contribution in [-0.2, 0) is 4.79 Å². The third-order valence-electron chi connectivity index (χ3n) is 4.37. The van der Waals surface area contributed by atoms with Crippen molar-refractivity contribution in [2.45, 2.75) is 30.9 Å². The van der Waals surface area contributed by atoms with E-state index in [1.54, 1.807) is 6.07 Å². The average Bonchev–Trinajstić information content (AvgIpc) is 2.70. The zero-order valence-corrected chi connectivity index (χ0v) is 17.5. The Morgan fingerprint density at radius 2 is 1.52 bits per heavy atom. The van der Waals surface area contributed by atoms with Crippen LogP contribution in [-0.4, -0.2) is 17.1 Å². The highest BCUT2D eigenvalue weighted by atomic mass is 32.2. The Morgan fingerprint density at radius 3 is 2.24 bits per heavy atom. The number of nitrogens with one attached hydrogen (secondary N) is 2. The van der Waals surface area contributed by atoms with E-state index < -0.39 is 0 Å². The minimum Gasteiger partial charge on any atom is -0.325 e. The first-order chi connectivity index (χ1) is 13.9. The molecular weight excluding hydrogens is 380 g/mol. The number of hydrogen-bond acceptors (Lipinski definition) is 3. The molecule has 0 aliphatic heterocycles. The Bertz CT molecular complexity index is 1020. The van der Waals surface area contributed by atoms with Gasteiger partial charge < -0.3 is 10.6 Å². The number of thioether (sulfide) groups is 1. The van der Waals surface area contributed by atoms with Crippen LogP contribution in [0.15, 0.2) is 77.7 Å². The van der Waals surface area contributed by atoms with Gasteiger partial charge in [0.1, 0.15) is 0 Å². The number of benzene rings is 3. The summed E-state index contributed by atoms with van der Waals surface area (Å²) in [5.41, 5.74) is 4.29. The summed E-state index contributed by atoms with van der Waals surface area (Å²) in [6, 6.07) is 22.7. The molecule has 0 heterocycles. The second-order valence-corrected chi connectivity index (χ2v) is 8.38. The fourth-order valence-electron chi connectivity index (χ4n) is 2.78. The van der Waals surface area contributed by atoms with E-state index in [9.17, 15) is 9.59 Å². The van der Waals surface area contributed by atoms with Crippen LogP contribution in [0.4, 0.5) is 11.4 Å². The minimum absolute atomic E-state index is 0.0620. The fraction of sp³-hybridized carbons (Fsp3) is 0.167. The molecule has 0 radical (unpaired) electrons. The minimum atomic E-state index is -0.279. The van der Waals surface area contributed by atoms with Gasteiger partial charge in [-0.05, 0) is 63.2 Å². The van der Waals surface area contributed by atoms with Crippen molar-refractivity contribution in [3.8, 4) is 0 Å². The van der Waals surface area contributed by atoms with Crippen LogP contribution in [0.1, 0.15) is 28.4 Å². The van der Waals surface area contributed by atoms with Gasteiger partial charge in [-0.2, -0.15) is 0 Å². The number of rotatable bonds is 6. The molecule has 3 aromatic rings. The van der Waals surface area contributed by atoms with Crippen LogP contribution >= 0.6 is 11.8 Å². The molecule has 1 atom stereocenters. The Labute approximate surface area is 175 Å². The molecule has 5 heteroatoms. The van der Waals surface area contributed by atoms with Gasteiger partial charge in [0.05, 0.1) is 5.25 Å². The molecule has 0 bridgehead atoms. The van der Waals surface area contributed by atoms with Gasteiger partial charge in [-0.15, -0.1) is 11.8 Å². The summed E-state index contributed by atoms with van der Waals surface area (Å²) in [4.78, 5) is 25.8. The van der Waals surface area contributed by atoms with Crippen LogP contribution in [0.5, 0.6) is 0 Å². The number of amides is 2. The number of carbonyl (C=O) groups excluding carboxylic acids is 2. The molecule has 0 saturated carbocycles. The highest BCUT2D eigenvalue weighted by Crippen LogP contribution is 2.27. The predicted molar refractivity (Wildman–Crippen MR) is 121 cm³/mol. The van der Waals surface area contributed by atoms with Crippen molar-refractivity contribution in [1.29, 1.82) is 0 Å². The summed E-state index contributed by atoms with van der Waals surface area (Å²) < 4.78 is 0. The number of anilines is 2. The summed E-state index contributed by atoms with van der Waals surface area (Å²) >= 11 is 1.45. The fourth-order valence-corrected chi connectivity index (χ4v) is 3.70. The second-order valence-electron chi connectivity index (χ2n) is 6.97. The zero-order chi connectivity index (χ0) is 20.8. The molecule has 0 fully saturated rings. The first-order valence-corrected chi connectivity index (χ1v) is 10.3. The molecule has 0 aromatic heterocycles. The SMILES string of the molecule is Cc1ccc(NC(=O)C(C)Sc2cccc(NC(=O)c3cccc(C)c3)c2)cc1. The third-order valence-corrected chi connectivity index (χ3v) is 5.47. The van der Waals surface area contributed by atoms with Crippen molar-refractivity contribution < 1.29 is 9.59 Å². The van der Waals surface area contributed by atoms with E-state index in [-0.39, 0.29) is 17.1 Å². The number of hydrogen-bond donors (Lipinski definition) is 2. The lowest BCUT2D eigenvalue weighted by molar-refractivity contribution is -0.115. The van der Waals surface area contributed by atoms with E-state index in [2.05, 4.69) is 10.6 Å². The molecule has 3 aromatic carbocycles. The summed E-state index contributed by atoms with van der Waals surface area (Å²) in [6.07, 6.45) is 0. The van der Waals surface area contributed by atoms with Crippen molar-refractivity contribution in [2.24, 2.45) is 0 Å². The maximum atomic E-state index is 12.5. The first kappa shape index (κ1) is 20.7. The zero-order valence-electron chi connectivity index (χ0n) is 16.7. The predicted octanol–water partition coefficient (Wildman–Crippen LogP) is 5.68. The summed E-state index contributed by atoms with van der Waals surface area (Å²) in [6.45, 7) is 5.83. The molecule has 4 nitrogen and oxygen atoms in total. The summed E-state index contributed by atoms with van der Waals surface area (Å²) in [5, 5.41) is 5.58. The summed E-state index contributed by atoms with van der Waals surface area (Å²) in [7, 11) is 0. The number of aryl methyl sites for hydroxylation is 2. The molecule has 2 amide bonds. The standard InChI is InChI=1S/C24H24N2O2S/c1-16-10-12-20(13-11-16)25-23(27)18(3)29-22-9-5-8-21(15-22)26-24(28)19-7-4-6-17(2)14-19/h4-15,18H,1-3H3,(H,25,27)(H,26,28). The average molecular weight is 405 g/mol. The molecule has 1 unspecified atom stereocenters. The van der Waals surface area contributed by atoms with Gasteiger partial charge in [0.15, 0.2) is 0 Å². The van der Waals surface area contributed by atoms with Gasteiger partial charge in [0.25, 0.3) is 5.91 Å². The van der Waals surface area contributed by atoms with Crippen LogP contribution < -0.4 is 10.6 Å². The van der Waals surface area contributed by atoms with E-state index >= 15 is 0 Å². The van der Waals surface area contributed by atoms with Crippen LogP contribution in [0.25, 0.3) is 0 Å². The van der Waals surface area contributed by atoms with Gasteiger partial charge in [-0.25, -0.2) is 0 Å². The Balaban J connectivity index is 1.62. The molecule has 0 aliphatic carbocycles. The molecular formula is C24H24N2O2S. The lowest BCUT2D eigenvalue weighted by Crippen LogP contribution is -2.22. The molecule has 0 aliphatic rings. The van der Waals surface area contributed by atoms with Gasteiger partial charge in [-0.1, -0.05) is 41.5 Å². The van der Waals surface area contributed by atoms with E-state index in [0.29, 0.717) is 11.3 Å². The van der Waals surface area contributed by atoms with Gasteiger partial charge in [0, 0.05) is 21.8 Å². The van der Waals surface area contributed by atoms with Crippen molar-refractivity contribution in [2.75, 3.05) is 10.6 Å². The molecule has 2 N–H and O–H groups in total. The maximum absolute atomic E-state index is 12.5. The highest BCUT2D eigenvalue weighted by Gasteiger charge is 2.15. The Hall–Kier alpha value is -3.05. The van der Waals surface area contributed by atoms with E-state index in [4.69, 9.17) is 0 Å². The molecule has 29 heavy (non-hydrogen) atoms. The van der Waals surface area contributed by atoms with Crippen LogP contribution in [0, 0.1) is 13.8 Å². The lowest BCUT2D eigenvalue weighted by Gasteiger charge is -2.13. The first-order valence-electron chi connectivity index (χ1n) is 9.43. The van der Waals surface area contributed by atoms with Crippen molar-refractivity contribution in [3.05, 3.63) is 89.5 Å².